The molecule has 20 heavy (non-hydrogen) atoms. The van der Waals surface area contributed by atoms with Gasteiger partial charge in [0.25, 0.3) is 5.69 Å². The number of carbonyl (C=O) groups excluding carboxylic acids is 2. The lowest BCUT2D eigenvalue weighted by Gasteiger charge is -2.06. The van der Waals surface area contributed by atoms with E-state index >= 15 is 0 Å². The topological polar surface area (TPSA) is 95.7 Å². The monoisotopic (exact) mass is 281 g/mol. The molecule has 0 atom stereocenters. The van der Waals surface area contributed by atoms with Crippen molar-refractivity contribution in [2.45, 2.75) is 19.3 Å². The van der Waals surface area contributed by atoms with Crippen molar-refractivity contribution >= 4 is 17.9 Å². The van der Waals surface area contributed by atoms with Crippen LogP contribution < -0.4 is 4.74 Å². The van der Waals surface area contributed by atoms with Crippen LogP contribution in [-0.4, -0.2) is 30.9 Å². The normalized spacial score (nSPS) is 9.85. The Balaban J connectivity index is 2.47. The lowest BCUT2D eigenvalue weighted by atomic mass is 10.2. The van der Waals surface area contributed by atoms with Gasteiger partial charge in [0.15, 0.2) is 6.29 Å². The zero-order valence-corrected chi connectivity index (χ0v) is 11.0. The van der Waals surface area contributed by atoms with E-state index in [9.17, 15) is 19.7 Å². The van der Waals surface area contributed by atoms with Crippen molar-refractivity contribution < 1.29 is 24.0 Å². The van der Waals surface area contributed by atoms with Crippen molar-refractivity contribution in [3.8, 4) is 5.75 Å². The van der Waals surface area contributed by atoms with Gasteiger partial charge < -0.3 is 9.47 Å². The Bertz CT molecular complexity index is 500. The van der Waals surface area contributed by atoms with E-state index in [1.165, 1.54) is 25.3 Å². The number of nitro benzene ring substituents is 1. The highest BCUT2D eigenvalue weighted by atomic mass is 16.6. The van der Waals surface area contributed by atoms with Gasteiger partial charge in [0.1, 0.15) is 5.75 Å². The van der Waals surface area contributed by atoms with E-state index < -0.39 is 4.92 Å². The minimum Gasteiger partial charge on any atom is -0.494 e. The molecule has 0 heterocycles. The Morgan fingerprint density at radius 3 is 2.75 bits per heavy atom. The molecule has 0 radical (unpaired) electrons. The molecular weight excluding hydrogens is 266 g/mol. The lowest BCUT2D eigenvalue weighted by molar-refractivity contribution is -0.385. The first kappa shape index (κ1) is 15.6. The summed E-state index contributed by atoms with van der Waals surface area (Å²) in [5.74, 6) is 0.111. The second kappa shape index (κ2) is 7.88. The first-order valence-corrected chi connectivity index (χ1v) is 6.01. The van der Waals surface area contributed by atoms with E-state index in [1.54, 1.807) is 0 Å². The van der Waals surface area contributed by atoms with E-state index in [4.69, 9.17) is 4.74 Å². The van der Waals surface area contributed by atoms with E-state index in [1.807, 2.05) is 0 Å². The number of nitro groups is 1. The molecule has 108 valence electrons. The van der Waals surface area contributed by atoms with Gasteiger partial charge in [-0.1, -0.05) is 0 Å². The van der Waals surface area contributed by atoms with E-state index in [-0.39, 0.29) is 17.2 Å². The van der Waals surface area contributed by atoms with Gasteiger partial charge in [-0.15, -0.1) is 0 Å². The van der Waals surface area contributed by atoms with Crippen molar-refractivity contribution in [1.82, 2.24) is 0 Å². The molecule has 1 rings (SSSR count). The molecule has 0 aliphatic rings. The SMILES string of the molecule is COC(=O)CCCCOc1ccc([N+](=O)[O-])c(C=O)c1. The molecule has 0 amide bonds. The molecule has 0 fully saturated rings. The first-order chi connectivity index (χ1) is 9.58. The summed E-state index contributed by atoms with van der Waals surface area (Å²) in [6, 6.07) is 3.99. The van der Waals surface area contributed by atoms with E-state index in [0.29, 0.717) is 37.9 Å². The summed E-state index contributed by atoms with van der Waals surface area (Å²) in [5, 5.41) is 10.6. The van der Waals surface area contributed by atoms with Gasteiger partial charge in [-0.2, -0.15) is 0 Å². The fourth-order valence-corrected chi connectivity index (χ4v) is 1.55. The van der Waals surface area contributed by atoms with Crippen molar-refractivity contribution in [2.24, 2.45) is 0 Å². The number of hydrogen-bond acceptors (Lipinski definition) is 6. The van der Waals surface area contributed by atoms with Crippen molar-refractivity contribution in [3.63, 3.8) is 0 Å². The number of rotatable bonds is 8. The van der Waals surface area contributed by atoms with Gasteiger partial charge in [-0.3, -0.25) is 19.7 Å². The number of ether oxygens (including phenoxy) is 2. The summed E-state index contributed by atoms with van der Waals surface area (Å²) in [6.45, 7) is 0.354. The minimum absolute atomic E-state index is 0.0259. The number of hydrogen-bond donors (Lipinski definition) is 0. The van der Waals surface area contributed by atoms with Crippen LogP contribution in [0.4, 0.5) is 5.69 Å². The van der Waals surface area contributed by atoms with Gasteiger partial charge in [-0.25, -0.2) is 0 Å². The molecule has 7 heteroatoms. The van der Waals surface area contributed by atoms with Crippen LogP contribution in [0.2, 0.25) is 0 Å². The number of benzene rings is 1. The maximum atomic E-state index is 10.9. The molecular formula is C13H15NO6. The third-order valence-corrected chi connectivity index (χ3v) is 2.59. The molecule has 0 bridgehead atoms. The third-order valence-electron chi connectivity index (χ3n) is 2.59. The van der Waals surface area contributed by atoms with Crippen LogP contribution in [0.25, 0.3) is 0 Å². The zero-order valence-electron chi connectivity index (χ0n) is 11.0. The Kier molecular flexibility index (Phi) is 6.15. The molecule has 1 aromatic carbocycles. The lowest BCUT2D eigenvalue weighted by Crippen LogP contribution is -2.03. The highest BCUT2D eigenvalue weighted by Crippen LogP contribution is 2.22. The molecule has 1 aromatic rings. The van der Waals surface area contributed by atoms with Gasteiger partial charge in [0, 0.05) is 12.5 Å². The van der Waals surface area contributed by atoms with E-state index in [0.717, 1.165) is 0 Å². The molecule has 0 aromatic heterocycles. The van der Waals surface area contributed by atoms with Gasteiger partial charge in [-0.05, 0) is 25.0 Å². The zero-order chi connectivity index (χ0) is 15.0. The maximum Gasteiger partial charge on any atom is 0.305 e. The van der Waals surface area contributed by atoms with Gasteiger partial charge in [0.05, 0.1) is 24.2 Å². The predicted molar refractivity (Wildman–Crippen MR) is 69.8 cm³/mol. The van der Waals surface area contributed by atoms with Gasteiger partial charge >= 0.3 is 5.97 Å². The summed E-state index contributed by atoms with van der Waals surface area (Å²) in [5.41, 5.74) is -0.278. The largest absolute Gasteiger partial charge is 0.494 e. The summed E-state index contributed by atoms with van der Waals surface area (Å²) in [7, 11) is 1.33. The number of carbonyl (C=O) groups is 2. The fourth-order valence-electron chi connectivity index (χ4n) is 1.55. The Morgan fingerprint density at radius 1 is 1.40 bits per heavy atom. The first-order valence-electron chi connectivity index (χ1n) is 6.01. The summed E-state index contributed by atoms with van der Waals surface area (Å²) < 4.78 is 9.86. The second-order valence-electron chi connectivity index (χ2n) is 3.98. The molecule has 0 unspecified atom stereocenters. The van der Waals surface area contributed by atoms with Crippen LogP contribution in [-0.2, 0) is 9.53 Å². The number of aldehydes is 1. The summed E-state index contributed by atoms with van der Waals surface area (Å²) in [6.07, 6.45) is 2.00. The molecule has 0 N–H and O–H groups in total. The molecule has 0 aliphatic heterocycles. The summed E-state index contributed by atoms with van der Waals surface area (Å²) >= 11 is 0. The quantitative estimate of drug-likeness (QED) is 0.238. The highest BCUT2D eigenvalue weighted by Gasteiger charge is 2.13. The molecule has 0 saturated heterocycles. The predicted octanol–water partition coefficient (Wildman–Crippen LogP) is 2.13. The molecule has 0 aliphatic carbocycles. The number of unbranched alkanes of at least 4 members (excludes halogenated alkanes) is 1. The number of nitrogens with zero attached hydrogens (tertiary/aromatic N) is 1. The minimum atomic E-state index is -0.621. The molecule has 7 nitrogen and oxygen atoms in total. The third kappa shape index (κ3) is 4.68. The van der Waals surface area contributed by atoms with Crippen LogP contribution in [0.15, 0.2) is 18.2 Å². The maximum absolute atomic E-state index is 10.9. The average Bonchev–Trinajstić information content (AvgIpc) is 2.46. The van der Waals surface area contributed by atoms with Gasteiger partial charge in [0.2, 0.25) is 0 Å². The molecule has 0 spiro atoms. The fraction of sp³-hybridized carbons (Fsp3) is 0.385. The van der Waals surface area contributed by atoms with Crippen molar-refractivity contribution in [2.75, 3.05) is 13.7 Å². The van der Waals surface area contributed by atoms with Crippen LogP contribution in [0.5, 0.6) is 5.75 Å². The van der Waals surface area contributed by atoms with Crippen molar-refractivity contribution in [1.29, 1.82) is 0 Å². The smallest absolute Gasteiger partial charge is 0.305 e. The van der Waals surface area contributed by atoms with Crippen LogP contribution in [0, 0.1) is 10.1 Å². The Morgan fingerprint density at radius 2 is 2.15 bits per heavy atom. The highest BCUT2D eigenvalue weighted by molar-refractivity contribution is 5.82. The Labute approximate surface area is 115 Å². The number of methoxy groups -OCH3 is 1. The standard InChI is InChI=1S/C13H15NO6/c1-19-13(16)4-2-3-7-20-11-5-6-12(14(17)18)10(8-11)9-15/h5-6,8-9H,2-4,7H2,1H3. The van der Waals surface area contributed by atoms with Crippen LogP contribution >= 0.6 is 0 Å². The molecule has 0 saturated carbocycles. The van der Waals surface area contributed by atoms with E-state index in [2.05, 4.69) is 4.74 Å². The second-order valence-corrected chi connectivity index (χ2v) is 3.98. The average molecular weight is 281 g/mol. The van der Waals surface area contributed by atoms with Crippen LogP contribution in [0.1, 0.15) is 29.6 Å². The van der Waals surface area contributed by atoms with Crippen LogP contribution in [0.3, 0.4) is 0 Å². The number of esters is 1. The Hall–Kier alpha value is -2.44. The van der Waals surface area contributed by atoms with Crippen molar-refractivity contribution in [3.05, 3.63) is 33.9 Å². The summed E-state index contributed by atoms with van der Waals surface area (Å²) in [4.78, 5) is 31.6.